The predicted molar refractivity (Wildman–Crippen MR) is 155 cm³/mol. The van der Waals surface area contributed by atoms with Gasteiger partial charge >= 0.3 is 0 Å². The Morgan fingerprint density at radius 3 is 2.00 bits per heavy atom. The Labute approximate surface area is 230 Å². The first-order valence-corrected chi connectivity index (χ1v) is 13.9. The van der Waals surface area contributed by atoms with Crippen molar-refractivity contribution in [3.63, 3.8) is 0 Å². The Balaban J connectivity index is 1.80. The van der Waals surface area contributed by atoms with Gasteiger partial charge in [0, 0.05) is 30.8 Å². The molecule has 1 N–H and O–H groups in total. The smallest absolute Gasteiger partial charge is 0.152 e. The molecule has 0 spiro atoms. The second-order valence-electron chi connectivity index (χ2n) is 9.44. The van der Waals surface area contributed by atoms with Crippen LogP contribution in [0.5, 0.6) is 5.75 Å². The van der Waals surface area contributed by atoms with Crippen LogP contribution >= 0.6 is 23.2 Å². The number of hydrogen-bond donors (Lipinski definition) is 1. The van der Waals surface area contributed by atoms with E-state index in [2.05, 4.69) is 71.8 Å². The number of nitrogens with zero attached hydrogens (tertiary/aromatic N) is 3. The molecule has 3 aromatic carbocycles. The van der Waals surface area contributed by atoms with Gasteiger partial charge in [-0.3, -0.25) is 4.90 Å². The van der Waals surface area contributed by atoms with Crippen molar-refractivity contribution in [2.24, 2.45) is 0 Å². The van der Waals surface area contributed by atoms with Crippen molar-refractivity contribution in [1.29, 1.82) is 0 Å². The van der Waals surface area contributed by atoms with Crippen LogP contribution in [0, 0.1) is 0 Å². The molecule has 1 heterocycles. The van der Waals surface area contributed by atoms with Gasteiger partial charge in [0.1, 0.15) is 5.82 Å². The van der Waals surface area contributed by atoms with E-state index in [0.717, 1.165) is 73.5 Å². The number of imidazole rings is 1. The molecule has 0 aliphatic carbocycles. The van der Waals surface area contributed by atoms with Crippen LogP contribution in [0.25, 0.3) is 22.6 Å². The minimum Gasteiger partial charge on any atom is -0.505 e. The topological polar surface area (TPSA) is 41.3 Å². The van der Waals surface area contributed by atoms with Crippen molar-refractivity contribution in [1.82, 2.24) is 14.5 Å². The summed E-state index contributed by atoms with van der Waals surface area (Å²) in [6, 6.07) is 24.5. The Kier molecular flexibility index (Phi) is 9.68. The van der Waals surface area contributed by atoms with Gasteiger partial charge in [0.15, 0.2) is 5.75 Å². The summed E-state index contributed by atoms with van der Waals surface area (Å²) < 4.78 is 2.41. The van der Waals surface area contributed by atoms with Crippen molar-refractivity contribution in [2.45, 2.75) is 59.2 Å². The summed E-state index contributed by atoms with van der Waals surface area (Å²) in [5.74, 6) is 0.942. The number of unbranched alkanes of at least 4 members (excludes halogenated alkanes) is 2. The quantitative estimate of drug-likeness (QED) is 0.197. The third-order valence-corrected chi connectivity index (χ3v) is 7.15. The molecule has 0 saturated heterocycles. The summed E-state index contributed by atoms with van der Waals surface area (Å²) in [7, 11) is 0. The molecule has 4 rings (SSSR count). The highest BCUT2D eigenvalue weighted by atomic mass is 35.5. The van der Waals surface area contributed by atoms with Crippen LogP contribution in [0.2, 0.25) is 10.0 Å². The van der Waals surface area contributed by atoms with E-state index in [0.29, 0.717) is 6.54 Å². The van der Waals surface area contributed by atoms with E-state index >= 15 is 0 Å². The molecule has 0 bridgehead atoms. The lowest BCUT2D eigenvalue weighted by Gasteiger charge is -2.24. The standard InChI is InChI=1S/C31H35Cl2N3O/c1-3-5-17-35(21-23-19-26(32)30(37)27(33)20-23)22-28-29(24-13-9-7-10-14-24)34-31(36(28)18-6-4-2)25-15-11-8-12-16-25/h7-16,19-20,37H,3-6,17-18,21-22H2,1-2H3. The summed E-state index contributed by atoms with van der Waals surface area (Å²) in [6.07, 6.45) is 4.37. The Hall–Kier alpha value is -2.79. The van der Waals surface area contributed by atoms with Gasteiger partial charge in [-0.2, -0.15) is 0 Å². The fraction of sp³-hybridized carbons (Fsp3) is 0.323. The number of rotatable bonds is 12. The molecular formula is C31H35Cl2N3O. The van der Waals surface area contributed by atoms with E-state index in [1.807, 2.05) is 24.3 Å². The maximum atomic E-state index is 10.0. The lowest BCUT2D eigenvalue weighted by Crippen LogP contribution is -2.26. The summed E-state index contributed by atoms with van der Waals surface area (Å²) in [6.45, 7) is 7.69. The van der Waals surface area contributed by atoms with Gasteiger partial charge in [0.05, 0.1) is 21.4 Å². The summed E-state index contributed by atoms with van der Waals surface area (Å²) in [5.41, 5.74) is 5.47. The Morgan fingerprint density at radius 1 is 0.811 bits per heavy atom. The third-order valence-electron chi connectivity index (χ3n) is 6.57. The second-order valence-corrected chi connectivity index (χ2v) is 10.3. The Morgan fingerprint density at radius 2 is 1.41 bits per heavy atom. The highest BCUT2D eigenvalue weighted by molar-refractivity contribution is 6.37. The van der Waals surface area contributed by atoms with E-state index in [4.69, 9.17) is 28.2 Å². The van der Waals surface area contributed by atoms with Crippen molar-refractivity contribution < 1.29 is 5.11 Å². The maximum Gasteiger partial charge on any atom is 0.152 e. The molecule has 0 aliphatic heterocycles. The van der Waals surface area contributed by atoms with Gasteiger partial charge in [-0.1, -0.05) is 111 Å². The van der Waals surface area contributed by atoms with E-state index in [1.165, 1.54) is 5.69 Å². The van der Waals surface area contributed by atoms with E-state index in [1.54, 1.807) is 0 Å². The van der Waals surface area contributed by atoms with Crippen molar-refractivity contribution in [2.75, 3.05) is 6.54 Å². The highest BCUT2D eigenvalue weighted by Crippen LogP contribution is 2.34. The maximum absolute atomic E-state index is 10.0. The molecule has 4 aromatic rings. The normalized spacial score (nSPS) is 11.4. The lowest BCUT2D eigenvalue weighted by atomic mass is 10.1. The SMILES string of the molecule is CCCCN(Cc1cc(Cl)c(O)c(Cl)c1)Cc1c(-c2ccccc2)nc(-c2ccccc2)n1CCCC. The molecule has 0 radical (unpaired) electrons. The molecule has 0 amide bonds. The summed E-state index contributed by atoms with van der Waals surface area (Å²) in [5, 5.41) is 10.6. The third kappa shape index (κ3) is 6.75. The van der Waals surface area contributed by atoms with Gasteiger partial charge in [-0.25, -0.2) is 4.98 Å². The minimum absolute atomic E-state index is 0.0660. The Bertz CT molecular complexity index is 1270. The number of halogens is 2. The number of benzene rings is 3. The number of phenols is 1. The van der Waals surface area contributed by atoms with Crippen LogP contribution in [0.1, 0.15) is 50.8 Å². The lowest BCUT2D eigenvalue weighted by molar-refractivity contribution is 0.246. The number of aromatic hydroxyl groups is 1. The molecule has 194 valence electrons. The number of aromatic nitrogens is 2. The molecule has 6 heteroatoms. The van der Waals surface area contributed by atoms with Crippen LogP contribution in [-0.4, -0.2) is 26.1 Å². The largest absolute Gasteiger partial charge is 0.505 e. The van der Waals surface area contributed by atoms with Crippen LogP contribution in [0.3, 0.4) is 0 Å². The van der Waals surface area contributed by atoms with Crippen LogP contribution in [-0.2, 0) is 19.6 Å². The van der Waals surface area contributed by atoms with E-state index in [-0.39, 0.29) is 15.8 Å². The molecule has 0 aliphatic rings. The zero-order chi connectivity index (χ0) is 26.2. The fourth-order valence-corrected chi connectivity index (χ4v) is 5.15. The summed E-state index contributed by atoms with van der Waals surface area (Å²) >= 11 is 12.5. The molecule has 0 fully saturated rings. The fourth-order valence-electron chi connectivity index (χ4n) is 4.61. The van der Waals surface area contributed by atoms with E-state index in [9.17, 15) is 5.11 Å². The first-order valence-electron chi connectivity index (χ1n) is 13.1. The second kappa shape index (κ2) is 13.1. The molecular weight excluding hydrogens is 501 g/mol. The minimum atomic E-state index is -0.0660. The van der Waals surface area contributed by atoms with Crippen LogP contribution in [0.4, 0.5) is 0 Å². The predicted octanol–water partition coefficient (Wildman–Crippen LogP) is 8.83. The zero-order valence-electron chi connectivity index (χ0n) is 21.6. The van der Waals surface area contributed by atoms with Gasteiger partial charge in [0.25, 0.3) is 0 Å². The van der Waals surface area contributed by atoms with Crippen molar-refractivity contribution in [3.05, 3.63) is 94.1 Å². The monoisotopic (exact) mass is 535 g/mol. The molecule has 1 aromatic heterocycles. The summed E-state index contributed by atoms with van der Waals surface area (Å²) in [4.78, 5) is 7.68. The molecule has 0 atom stereocenters. The average Bonchev–Trinajstić information content (AvgIpc) is 3.27. The highest BCUT2D eigenvalue weighted by Gasteiger charge is 2.22. The van der Waals surface area contributed by atoms with Crippen molar-refractivity contribution >= 4 is 23.2 Å². The van der Waals surface area contributed by atoms with Crippen molar-refractivity contribution in [3.8, 4) is 28.4 Å². The van der Waals surface area contributed by atoms with Gasteiger partial charge in [-0.05, 0) is 37.1 Å². The first kappa shape index (κ1) is 27.3. The molecule has 4 nitrogen and oxygen atoms in total. The van der Waals surface area contributed by atoms with Gasteiger partial charge in [-0.15, -0.1) is 0 Å². The van der Waals surface area contributed by atoms with Gasteiger partial charge in [0.2, 0.25) is 0 Å². The van der Waals surface area contributed by atoms with Crippen LogP contribution < -0.4 is 0 Å². The van der Waals surface area contributed by atoms with Gasteiger partial charge < -0.3 is 9.67 Å². The first-order chi connectivity index (χ1) is 18.0. The molecule has 37 heavy (non-hydrogen) atoms. The van der Waals surface area contributed by atoms with Crippen LogP contribution in [0.15, 0.2) is 72.8 Å². The molecule has 0 unspecified atom stereocenters. The zero-order valence-corrected chi connectivity index (χ0v) is 23.1. The molecule has 0 saturated carbocycles. The van der Waals surface area contributed by atoms with E-state index < -0.39 is 0 Å². The number of hydrogen-bond acceptors (Lipinski definition) is 3. The number of phenolic OH excluding ortho intramolecular Hbond substituents is 1. The average molecular weight is 537 g/mol.